The first-order chi connectivity index (χ1) is 13.5. The van der Waals surface area contributed by atoms with Gasteiger partial charge in [0.05, 0.1) is 20.7 Å². The maximum absolute atomic E-state index is 13.2. The largest absolute Gasteiger partial charge is 0.416 e. The van der Waals surface area contributed by atoms with Gasteiger partial charge in [0.25, 0.3) is 0 Å². The van der Waals surface area contributed by atoms with Gasteiger partial charge in [0.1, 0.15) is 5.82 Å². The number of carbonyl (C=O) groups is 1. The number of alkyl halides is 3. The number of ketones is 1. The Bertz CT molecular complexity index is 1030. The Balaban J connectivity index is 1.58. The van der Waals surface area contributed by atoms with E-state index in [0.29, 0.717) is 12.5 Å². The molecule has 0 radical (unpaired) electrons. The van der Waals surface area contributed by atoms with Crippen LogP contribution < -0.4 is 0 Å². The van der Waals surface area contributed by atoms with Gasteiger partial charge in [-0.1, -0.05) is 17.7 Å². The van der Waals surface area contributed by atoms with E-state index in [1.54, 1.807) is 0 Å². The molecule has 0 heterocycles. The molecule has 0 aliphatic heterocycles. The third-order valence-electron chi connectivity index (χ3n) is 5.14. The van der Waals surface area contributed by atoms with Crippen LogP contribution in [0.4, 0.5) is 17.6 Å². The highest BCUT2D eigenvalue weighted by atomic mass is 35.5. The van der Waals surface area contributed by atoms with Crippen molar-refractivity contribution in [2.45, 2.75) is 42.0 Å². The van der Waals surface area contributed by atoms with Crippen LogP contribution in [0.5, 0.6) is 0 Å². The number of halogens is 5. The maximum atomic E-state index is 13.2. The molecule has 3 rings (SSSR count). The first kappa shape index (κ1) is 21.8. The summed E-state index contributed by atoms with van der Waals surface area (Å²) in [6.45, 7) is 0. The molecule has 0 unspecified atom stereocenters. The fraction of sp³-hybridized carbons (Fsp3) is 0.350. The topological polar surface area (TPSA) is 51.2 Å². The van der Waals surface area contributed by atoms with Gasteiger partial charge in [-0.3, -0.25) is 4.79 Å². The van der Waals surface area contributed by atoms with Gasteiger partial charge in [-0.15, -0.1) is 0 Å². The zero-order chi connectivity index (χ0) is 21.4. The van der Waals surface area contributed by atoms with E-state index in [1.165, 1.54) is 18.2 Å². The molecule has 2 aromatic rings. The van der Waals surface area contributed by atoms with Crippen molar-refractivity contribution in [2.24, 2.45) is 5.92 Å². The summed E-state index contributed by atoms with van der Waals surface area (Å²) < 4.78 is 76.8. The second kappa shape index (κ2) is 8.07. The minimum absolute atomic E-state index is 0.0135. The SMILES string of the molecule is O=C(CCC1CC(S(=O)(=O)c2cccc(C(F)(F)F)c2)C1)c1ccc(F)c(Cl)c1. The second-order valence-corrected chi connectivity index (χ2v) is 9.76. The van der Waals surface area contributed by atoms with Crippen molar-refractivity contribution < 1.29 is 30.8 Å². The molecule has 0 aromatic heterocycles. The predicted octanol–water partition coefficient (Wildman–Crippen LogP) is 5.71. The number of rotatable bonds is 6. The highest BCUT2D eigenvalue weighted by molar-refractivity contribution is 7.92. The summed E-state index contributed by atoms with van der Waals surface area (Å²) in [5.41, 5.74) is -0.720. The smallest absolute Gasteiger partial charge is 0.294 e. The van der Waals surface area contributed by atoms with Gasteiger partial charge in [-0.25, -0.2) is 12.8 Å². The van der Waals surface area contributed by atoms with E-state index in [2.05, 4.69) is 0 Å². The molecule has 0 spiro atoms. The summed E-state index contributed by atoms with van der Waals surface area (Å²) in [7, 11) is -3.86. The van der Waals surface area contributed by atoms with Crippen molar-refractivity contribution in [3.63, 3.8) is 0 Å². The molecule has 1 fully saturated rings. The summed E-state index contributed by atoms with van der Waals surface area (Å²) in [5.74, 6) is -0.860. The Labute approximate surface area is 170 Å². The highest BCUT2D eigenvalue weighted by Crippen LogP contribution is 2.40. The molecule has 1 aliphatic rings. The van der Waals surface area contributed by atoms with Gasteiger partial charge < -0.3 is 0 Å². The summed E-state index contributed by atoms with van der Waals surface area (Å²) in [6.07, 6.45) is -3.44. The van der Waals surface area contributed by atoms with Crippen LogP contribution in [-0.4, -0.2) is 19.5 Å². The molecule has 1 saturated carbocycles. The summed E-state index contributed by atoms with van der Waals surface area (Å²) in [5, 5.41) is -0.905. The zero-order valence-corrected chi connectivity index (χ0v) is 16.6. The van der Waals surface area contributed by atoms with Crippen LogP contribution in [0.1, 0.15) is 41.6 Å². The van der Waals surface area contributed by atoms with Gasteiger partial charge in [0.15, 0.2) is 15.6 Å². The molecule has 9 heteroatoms. The molecule has 0 N–H and O–H groups in total. The van der Waals surface area contributed by atoms with Crippen LogP contribution in [0, 0.1) is 11.7 Å². The molecule has 156 valence electrons. The normalized spacial score (nSPS) is 19.6. The fourth-order valence-electron chi connectivity index (χ4n) is 3.35. The molecular formula is C20H17ClF4O3S. The third-order valence-corrected chi connectivity index (χ3v) is 7.61. The third kappa shape index (κ3) is 4.80. The predicted molar refractivity (Wildman–Crippen MR) is 100 cm³/mol. The number of Topliss-reactive ketones (excluding diaryl/α,β-unsaturated/α-hetero) is 1. The van der Waals surface area contributed by atoms with E-state index in [-0.39, 0.29) is 46.4 Å². The number of carbonyl (C=O) groups excluding carboxylic acids is 1. The first-order valence-corrected chi connectivity index (χ1v) is 10.8. The van der Waals surface area contributed by atoms with Crippen molar-refractivity contribution in [1.82, 2.24) is 0 Å². The molecule has 0 amide bonds. The first-order valence-electron chi connectivity index (χ1n) is 8.88. The lowest BCUT2D eigenvalue weighted by Gasteiger charge is -2.34. The van der Waals surface area contributed by atoms with Crippen LogP contribution in [0.3, 0.4) is 0 Å². The fourth-order valence-corrected chi connectivity index (χ4v) is 5.53. The lowest BCUT2D eigenvalue weighted by atomic mass is 9.80. The van der Waals surface area contributed by atoms with Crippen molar-refractivity contribution >= 4 is 27.2 Å². The Kier molecular flexibility index (Phi) is 6.06. The van der Waals surface area contributed by atoms with Crippen molar-refractivity contribution in [2.75, 3.05) is 0 Å². The Morgan fingerprint density at radius 2 is 1.79 bits per heavy atom. The van der Waals surface area contributed by atoms with E-state index >= 15 is 0 Å². The monoisotopic (exact) mass is 448 g/mol. The Morgan fingerprint density at radius 3 is 2.41 bits per heavy atom. The van der Waals surface area contributed by atoms with Crippen molar-refractivity contribution in [3.05, 3.63) is 64.4 Å². The Hall–Kier alpha value is -1.93. The van der Waals surface area contributed by atoms with Crippen molar-refractivity contribution in [1.29, 1.82) is 0 Å². The van der Waals surface area contributed by atoms with Crippen LogP contribution in [0.25, 0.3) is 0 Å². The van der Waals surface area contributed by atoms with Gasteiger partial charge >= 0.3 is 6.18 Å². The molecule has 0 atom stereocenters. The molecule has 29 heavy (non-hydrogen) atoms. The number of hydrogen-bond acceptors (Lipinski definition) is 3. The summed E-state index contributed by atoms with van der Waals surface area (Å²) in [6, 6.07) is 7.43. The number of sulfone groups is 1. The lowest BCUT2D eigenvalue weighted by molar-refractivity contribution is -0.137. The number of hydrogen-bond donors (Lipinski definition) is 0. The van der Waals surface area contributed by atoms with Gasteiger partial charge in [0.2, 0.25) is 0 Å². The van der Waals surface area contributed by atoms with Gasteiger partial charge in [-0.05, 0) is 61.6 Å². The molecule has 0 bridgehead atoms. The zero-order valence-electron chi connectivity index (χ0n) is 15.0. The molecule has 3 nitrogen and oxygen atoms in total. The quantitative estimate of drug-likeness (QED) is 0.420. The molecule has 1 aliphatic carbocycles. The number of benzene rings is 2. The summed E-state index contributed by atoms with van der Waals surface area (Å²) in [4.78, 5) is 11.8. The average Bonchev–Trinajstić information content (AvgIpc) is 2.61. The molecule has 0 saturated heterocycles. The van der Waals surface area contributed by atoms with Crippen molar-refractivity contribution in [3.8, 4) is 0 Å². The van der Waals surface area contributed by atoms with E-state index < -0.39 is 32.6 Å². The molecular weight excluding hydrogens is 432 g/mol. The van der Waals surface area contributed by atoms with Crippen LogP contribution in [0.2, 0.25) is 5.02 Å². The van der Waals surface area contributed by atoms with E-state index in [4.69, 9.17) is 11.6 Å². The van der Waals surface area contributed by atoms with E-state index in [0.717, 1.165) is 18.2 Å². The maximum Gasteiger partial charge on any atom is 0.416 e. The average molecular weight is 449 g/mol. The van der Waals surface area contributed by atoms with E-state index in [9.17, 15) is 30.8 Å². The highest BCUT2D eigenvalue weighted by Gasteiger charge is 2.40. The summed E-state index contributed by atoms with van der Waals surface area (Å²) >= 11 is 5.66. The lowest BCUT2D eigenvalue weighted by Crippen LogP contribution is -2.36. The minimum Gasteiger partial charge on any atom is -0.294 e. The van der Waals surface area contributed by atoms with E-state index in [1.807, 2.05) is 0 Å². The van der Waals surface area contributed by atoms with Crippen LogP contribution >= 0.6 is 11.6 Å². The second-order valence-electron chi connectivity index (χ2n) is 7.12. The minimum atomic E-state index is -4.61. The standard InChI is InChI=1S/C20H17ClF4O3S/c21-17-10-13(5-6-18(17)22)19(26)7-4-12-8-16(9-12)29(27,28)15-3-1-2-14(11-15)20(23,24)25/h1-3,5-6,10-12,16H,4,7-9H2. The van der Waals surface area contributed by atoms with Gasteiger partial charge in [-0.2, -0.15) is 13.2 Å². The molecule has 2 aromatic carbocycles. The Morgan fingerprint density at radius 1 is 1.10 bits per heavy atom. The van der Waals surface area contributed by atoms with Gasteiger partial charge in [0, 0.05) is 12.0 Å². The van der Waals surface area contributed by atoms with Crippen LogP contribution in [0.15, 0.2) is 47.4 Å². The van der Waals surface area contributed by atoms with Crippen LogP contribution in [-0.2, 0) is 16.0 Å².